The van der Waals surface area contributed by atoms with Gasteiger partial charge in [0.2, 0.25) is 0 Å². The van der Waals surface area contributed by atoms with Crippen LogP contribution in [0.4, 0.5) is 0 Å². The van der Waals surface area contributed by atoms with E-state index < -0.39 is 0 Å². The van der Waals surface area contributed by atoms with Crippen LogP contribution in [0.1, 0.15) is 0 Å². The SMILES string of the molecule is COc1cc(Br)cnc1-n1cnc(Cl)c1. The van der Waals surface area contributed by atoms with Gasteiger partial charge in [-0.3, -0.25) is 4.57 Å². The molecule has 15 heavy (non-hydrogen) atoms. The maximum atomic E-state index is 5.73. The van der Waals surface area contributed by atoms with Gasteiger partial charge in [-0.2, -0.15) is 0 Å². The Morgan fingerprint density at radius 2 is 2.27 bits per heavy atom. The lowest BCUT2D eigenvalue weighted by Crippen LogP contribution is -1.98. The number of rotatable bonds is 2. The highest BCUT2D eigenvalue weighted by Crippen LogP contribution is 2.24. The van der Waals surface area contributed by atoms with Crippen molar-refractivity contribution in [3.05, 3.63) is 34.4 Å². The summed E-state index contributed by atoms with van der Waals surface area (Å²) in [7, 11) is 1.59. The molecule has 2 rings (SSSR count). The Balaban J connectivity index is 2.52. The van der Waals surface area contributed by atoms with Crippen molar-refractivity contribution >= 4 is 27.5 Å². The van der Waals surface area contributed by atoms with Crippen molar-refractivity contribution < 1.29 is 4.74 Å². The van der Waals surface area contributed by atoms with E-state index >= 15 is 0 Å². The first-order valence-corrected chi connectivity index (χ1v) is 5.27. The van der Waals surface area contributed by atoms with Crippen molar-refractivity contribution in [3.8, 4) is 11.6 Å². The second-order valence-electron chi connectivity index (χ2n) is 2.78. The summed E-state index contributed by atoms with van der Waals surface area (Å²) in [6.07, 6.45) is 4.94. The summed E-state index contributed by atoms with van der Waals surface area (Å²) >= 11 is 9.05. The summed E-state index contributed by atoms with van der Waals surface area (Å²) < 4.78 is 7.76. The number of hydrogen-bond acceptors (Lipinski definition) is 3. The minimum atomic E-state index is 0.418. The Morgan fingerprint density at radius 1 is 1.47 bits per heavy atom. The zero-order valence-corrected chi connectivity index (χ0v) is 10.2. The van der Waals surface area contributed by atoms with E-state index in [1.807, 2.05) is 6.07 Å². The summed E-state index contributed by atoms with van der Waals surface area (Å²) in [6.45, 7) is 0. The molecular weight excluding hydrogens is 281 g/mol. The number of hydrogen-bond donors (Lipinski definition) is 0. The van der Waals surface area contributed by atoms with E-state index in [-0.39, 0.29) is 0 Å². The molecule has 0 saturated heterocycles. The number of halogens is 2. The average molecular weight is 289 g/mol. The minimum Gasteiger partial charge on any atom is -0.493 e. The van der Waals surface area contributed by atoms with E-state index in [0.717, 1.165) is 4.47 Å². The Labute approximate surface area is 100.0 Å². The molecular formula is C9H7BrClN3O. The first kappa shape index (κ1) is 10.4. The molecule has 0 unspecified atom stereocenters. The standard InChI is InChI=1S/C9H7BrClN3O/c1-15-7-2-6(10)3-12-9(7)14-4-8(11)13-5-14/h2-5H,1H3. The molecule has 0 aliphatic rings. The van der Waals surface area contributed by atoms with E-state index in [1.165, 1.54) is 0 Å². The van der Waals surface area contributed by atoms with Crippen LogP contribution in [0, 0.1) is 0 Å². The predicted molar refractivity (Wildman–Crippen MR) is 60.6 cm³/mol. The number of pyridine rings is 1. The van der Waals surface area contributed by atoms with Crippen LogP contribution >= 0.6 is 27.5 Å². The lowest BCUT2D eigenvalue weighted by molar-refractivity contribution is 0.410. The van der Waals surface area contributed by atoms with Crippen molar-refractivity contribution in [2.45, 2.75) is 0 Å². The highest BCUT2D eigenvalue weighted by molar-refractivity contribution is 9.10. The predicted octanol–water partition coefficient (Wildman–Crippen LogP) is 2.69. The molecule has 0 fully saturated rings. The van der Waals surface area contributed by atoms with E-state index in [4.69, 9.17) is 16.3 Å². The van der Waals surface area contributed by atoms with Crippen molar-refractivity contribution in [3.63, 3.8) is 0 Å². The molecule has 78 valence electrons. The lowest BCUT2D eigenvalue weighted by Gasteiger charge is -2.07. The van der Waals surface area contributed by atoms with Crippen molar-refractivity contribution in [2.75, 3.05) is 7.11 Å². The number of methoxy groups -OCH3 is 1. The first-order chi connectivity index (χ1) is 7.20. The van der Waals surface area contributed by atoms with Crippen LogP contribution in [-0.4, -0.2) is 21.6 Å². The summed E-state index contributed by atoms with van der Waals surface area (Å²) in [5, 5.41) is 0.418. The highest BCUT2D eigenvalue weighted by atomic mass is 79.9. The first-order valence-electron chi connectivity index (χ1n) is 4.10. The van der Waals surface area contributed by atoms with Gasteiger partial charge in [-0.25, -0.2) is 9.97 Å². The maximum Gasteiger partial charge on any atom is 0.180 e. The van der Waals surface area contributed by atoms with Gasteiger partial charge in [0, 0.05) is 16.9 Å². The van der Waals surface area contributed by atoms with Crippen LogP contribution in [0.2, 0.25) is 5.15 Å². The fraction of sp³-hybridized carbons (Fsp3) is 0.111. The molecule has 0 radical (unpaired) electrons. The van der Waals surface area contributed by atoms with Gasteiger partial charge >= 0.3 is 0 Å². The summed E-state index contributed by atoms with van der Waals surface area (Å²) in [4.78, 5) is 8.14. The van der Waals surface area contributed by atoms with Crippen LogP contribution < -0.4 is 4.74 Å². The minimum absolute atomic E-state index is 0.418. The number of imidazole rings is 1. The van der Waals surface area contributed by atoms with Crippen LogP contribution in [0.15, 0.2) is 29.3 Å². The maximum absolute atomic E-state index is 5.73. The Hall–Kier alpha value is -1.07. The van der Waals surface area contributed by atoms with Gasteiger partial charge in [0.25, 0.3) is 0 Å². The van der Waals surface area contributed by atoms with Gasteiger partial charge in [0.15, 0.2) is 11.6 Å². The van der Waals surface area contributed by atoms with Gasteiger partial charge in [-0.05, 0) is 22.0 Å². The third kappa shape index (κ3) is 2.13. The molecule has 2 heterocycles. The van der Waals surface area contributed by atoms with Crippen molar-refractivity contribution in [2.24, 2.45) is 0 Å². The highest BCUT2D eigenvalue weighted by Gasteiger charge is 2.08. The Morgan fingerprint density at radius 3 is 2.87 bits per heavy atom. The summed E-state index contributed by atoms with van der Waals surface area (Å²) in [5.41, 5.74) is 0. The molecule has 0 aromatic carbocycles. The second-order valence-corrected chi connectivity index (χ2v) is 4.09. The van der Waals surface area contributed by atoms with E-state index in [0.29, 0.717) is 16.7 Å². The van der Waals surface area contributed by atoms with Gasteiger partial charge in [-0.1, -0.05) is 11.6 Å². The van der Waals surface area contributed by atoms with Crippen molar-refractivity contribution in [1.82, 2.24) is 14.5 Å². The average Bonchev–Trinajstić information content (AvgIpc) is 2.64. The molecule has 6 heteroatoms. The summed E-state index contributed by atoms with van der Waals surface area (Å²) in [5.74, 6) is 1.30. The Kier molecular flexibility index (Phi) is 2.93. The quantitative estimate of drug-likeness (QED) is 0.853. The molecule has 0 N–H and O–H groups in total. The number of ether oxygens (including phenoxy) is 1. The third-order valence-corrected chi connectivity index (χ3v) is 2.44. The number of aromatic nitrogens is 3. The topological polar surface area (TPSA) is 39.9 Å². The van der Waals surface area contributed by atoms with Crippen LogP contribution in [0.3, 0.4) is 0 Å². The molecule has 4 nitrogen and oxygen atoms in total. The lowest BCUT2D eigenvalue weighted by atomic mass is 10.4. The van der Waals surface area contributed by atoms with Crippen LogP contribution in [0.5, 0.6) is 5.75 Å². The number of nitrogens with zero attached hydrogens (tertiary/aromatic N) is 3. The van der Waals surface area contributed by atoms with E-state index in [2.05, 4.69) is 25.9 Å². The smallest absolute Gasteiger partial charge is 0.180 e. The van der Waals surface area contributed by atoms with Gasteiger partial charge in [-0.15, -0.1) is 0 Å². The fourth-order valence-corrected chi connectivity index (χ4v) is 1.63. The molecule has 0 saturated carbocycles. The van der Waals surface area contributed by atoms with Crippen molar-refractivity contribution in [1.29, 1.82) is 0 Å². The molecule has 2 aromatic heterocycles. The molecule has 0 aliphatic carbocycles. The van der Waals surface area contributed by atoms with E-state index in [1.54, 1.807) is 30.4 Å². The fourth-order valence-electron chi connectivity index (χ4n) is 1.17. The molecule has 0 spiro atoms. The Bertz CT molecular complexity index is 486. The van der Waals surface area contributed by atoms with Gasteiger partial charge < -0.3 is 4.74 Å². The van der Waals surface area contributed by atoms with Gasteiger partial charge in [0.05, 0.1) is 7.11 Å². The molecule has 0 bridgehead atoms. The monoisotopic (exact) mass is 287 g/mol. The normalized spacial score (nSPS) is 10.3. The largest absolute Gasteiger partial charge is 0.493 e. The van der Waals surface area contributed by atoms with Crippen LogP contribution in [-0.2, 0) is 0 Å². The summed E-state index contributed by atoms with van der Waals surface area (Å²) in [6, 6.07) is 1.83. The zero-order valence-electron chi connectivity index (χ0n) is 7.82. The molecule has 0 aliphatic heterocycles. The third-order valence-electron chi connectivity index (χ3n) is 1.82. The zero-order chi connectivity index (χ0) is 10.8. The van der Waals surface area contributed by atoms with E-state index in [9.17, 15) is 0 Å². The molecule has 0 atom stereocenters. The van der Waals surface area contributed by atoms with Gasteiger partial charge in [0.1, 0.15) is 11.5 Å². The molecule has 2 aromatic rings. The second kappa shape index (κ2) is 4.20. The van der Waals surface area contributed by atoms with Crippen LogP contribution in [0.25, 0.3) is 5.82 Å². The molecule has 0 amide bonds.